The number of ether oxygens (including phenoxy) is 2. The number of nitriles is 3. The molecule has 1 aliphatic carbocycles. The highest BCUT2D eigenvalue weighted by molar-refractivity contribution is 5.89. The first-order valence-electron chi connectivity index (χ1n) is 8.70. The second-order valence-electron chi connectivity index (χ2n) is 7.12. The normalized spacial score (nSPS) is 37.2. The summed E-state index contributed by atoms with van der Waals surface area (Å²) < 4.78 is 12.2. The van der Waals surface area contributed by atoms with Gasteiger partial charge in [-0.05, 0) is 30.5 Å². The van der Waals surface area contributed by atoms with Crippen molar-refractivity contribution in [3.05, 3.63) is 30.1 Å². The number of pyridine rings is 1. The monoisotopic (exact) mass is 347 g/mol. The molecule has 0 amide bonds. The van der Waals surface area contributed by atoms with Crippen LogP contribution in [0.25, 0.3) is 0 Å². The van der Waals surface area contributed by atoms with Crippen LogP contribution < -0.4 is 0 Å². The van der Waals surface area contributed by atoms with Gasteiger partial charge >= 0.3 is 0 Å². The number of nitrogens with zero attached hydrogens (tertiary/aromatic N) is 4. The molecule has 130 valence electrons. The zero-order chi connectivity index (χ0) is 18.4. The molecular formula is C19H17N5O2. The van der Waals surface area contributed by atoms with E-state index in [-0.39, 0.29) is 5.90 Å². The van der Waals surface area contributed by atoms with Crippen LogP contribution in [0.2, 0.25) is 0 Å². The Morgan fingerprint density at radius 3 is 2.46 bits per heavy atom. The number of hydrogen-bond acceptors (Lipinski definition) is 7. The van der Waals surface area contributed by atoms with Crippen LogP contribution in [0, 0.1) is 56.2 Å². The van der Waals surface area contributed by atoms with Crippen molar-refractivity contribution < 1.29 is 9.47 Å². The molecule has 4 atom stereocenters. The molecule has 2 aliphatic heterocycles. The average Bonchev–Trinajstić information content (AvgIpc) is 2.81. The SMILES string of the molecule is N#CC1(C#N)C(c2ccncc2)OC23CCCCCC2C1(C#N)C(=N)O3. The largest absolute Gasteiger partial charge is 0.447 e. The maximum atomic E-state index is 10.2. The molecule has 4 rings (SSSR count). The van der Waals surface area contributed by atoms with E-state index in [1.54, 1.807) is 24.5 Å². The van der Waals surface area contributed by atoms with Crippen LogP contribution >= 0.6 is 0 Å². The molecule has 4 unspecified atom stereocenters. The zero-order valence-corrected chi connectivity index (χ0v) is 14.1. The van der Waals surface area contributed by atoms with Crippen molar-refractivity contribution in [2.75, 3.05) is 0 Å². The van der Waals surface area contributed by atoms with Crippen LogP contribution in [0.15, 0.2) is 24.5 Å². The second-order valence-corrected chi connectivity index (χ2v) is 7.12. The van der Waals surface area contributed by atoms with Crippen molar-refractivity contribution >= 4 is 5.90 Å². The second kappa shape index (κ2) is 5.53. The fraction of sp³-hybridized carbons (Fsp3) is 0.526. The molecular weight excluding hydrogens is 330 g/mol. The van der Waals surface area contributed by atoms with Crippen molar-refractivity contribution in [3.63, 3.8) is 0 Å². The summed E-state index contributed by atoms with van der Waals surface area (Å²) in [5.74, 6) is -1.95. The smallest absolute Gasteiger partial charge is 0.217 e. The van der Waals surface area contributed by atoms with Crippen molar-refractivity contribution in [2.45, 2.75) is 44.0 Å². The van der Waals surface area contributed by atoms with E-state index in [4.69, 9.17) is 14.9 Å². The number of hydrogen-bond donors (Lipinski definition) is 1. The summed E-state index contributed by atoms with van der Waals surface area (Å²) in [6.07, 6.45) is 5.92. The predicted molar refractivity (Wildman–Crippen MR) is 87.9 cm³/mol. The summed E-state index contributed by atoms with van der Waals surface area (Å²) in [6, 6.07) is 9.67. The zero-order valence-electron chi connectivity index (χ0n) is 14.1. The van der Waals surface area contributed by atoms with E-state index in [0.29, 0.717) is 18.4 Å². The van der Waals surface area contributed by atoms with Crippen molar-refractivity contribution in [1.29, 1.82) is 21.2 Å². The van der Waals surface area contributed by atoms with E-state index in [1.807, 2.05) is 0 Å². The Bertz CT molecular complexity index is 866. The molecule has 2 saturated heterocycles. The van der Waals surface area contributed by atoms with Crippen molar-refractivity contribution in [2.24, 2.45) is 16.7 Å². The summed E-state index contributed by atoms with van der Waals surface area (Å²) in [5.41, 5.74) is -2.93. The highest BCUT2D eigenvalue weighted by atomic mass is 16.7. The Morgan fingerprint density at radius 2 is 1.81 bits per heavy atom. The quantitative estimate of drug-likeness (QED) is 0.832. The molecule has 3 fully saturated rings. The number of nitrogens with one attached hydrogen (secondary N) is 1. The van der Waals surface area contributed by atoms with E-state index in [9.17, 15) is 15.8 Å². The third-order valence-corrected chi connectivity index (χ3v) is 6.08. The first kappa shape index (κ1) is 16.5. The molecule has 1 N–H and O–H groups in total. The highest BCUT2D eigenvalue weighted by Gasteiger charge is 2.80. The fourth-order valence-electron chi connectivity index (χ4n) is 4.88. The van der Waals surface area contributed by atoms with Gasteiger partial charge in [-0.1, -0.05) is 12.8 Å². The minimum Gasteiger partial charge on any atom is -0.447 e. The lowest BCUT2D eigenvalue weighted by molar-refractivity contribution is -0.284. The molecule has 0 spiro atoms. The van der Waals surface area contributed by atoms with Crippen LogP contribution in [-0.2, 0) is 9.47 Å². The molecule has 3 heterocycles. The minimum atomic E-state index is -1.87. The van der Waals surface area contributed by atoms with Crippen LogP contribution in [0.1, 0.15) is 43.8 Å². The van der Waals surface area contributed by atoms with Gasteiger partial charge in [0.2, 0.25) is 17.1 Å². The molecule has 3 aliphatic rings. The molecule has 1 aromatic heterocycles. The molecule has 1 saturated carbocycles. The third-order valence-electron chi connectivity index (χ3n) is 6.08. The lowest BCUT2D eigenvalue weighted by Crippen LogP contribution is -2.59. The average molecular weight is 347 g/mol. The lowest BCUT2D eigenvalue weighted by Gasteiger charge is -2.49. The van der Waals surface area contributed by atoms with E-state index in [1.165, 1.54) is 0 Å². The van der Waals surface area contributed by atoms with Gasteiger partial charge in [-0.25, -0.2) is 0 Å². The summed E-state index contributed by atoms with van der Waals surface area (Å²) in [6.45, 7) is 0. The van der Waals surface area contributed by atoms with Gasteiger partial charge in [-0.15, -0.1) is 0 Å². The van der Waals surface area contributed by atoms with Crippen LogP contribution in [0.4, 0.5) is 0 Å². The first-order chi connectivity index (χ1) is 12.6. The molecule has 7 heteroatoms. The molecule has 26 heavy (non-hydrogen) atoms. The molecule has 0 radical (unpaired) electrons. The van der Waals surface area contributed by atoms with Gasteiger partial charge in [0.1, 0.15) is 6.10 Å². The van der Waals surface area contributed by atoms with Crippen LogP contribution in [0.5, 0.6) is 0 Å². The summed E-state index contributed by atoms with van der Waals surface area (Å²) >= 11 is 0. The Balaban J connectivity index is 2.01. The topological polar surface area (TPSA) is 127 Å². The standard InChI is InChI=1S/C19H17N5O2/c20-10-17(11-21)15(13-5-8-24-9-6-13)25-19-7-3-1-2-4-14(19)18(17,12-22)16(23)26-19/h5-6,8-9,14-15,23H,1-4,7H2. The highest BCUT2D eigenvalue weighted by Crippen LogP contribution is 2.68. The summed E-state index contributed by atoms with van der Waals surface area (Å²) in [4.78, 5) is 3.98. The Hall–Kier alpha value is -2.95. The Kier molecular flexibility index (Phi) is 3.51. The summed E-state index contributed by atoms with van der Waals surface area (Å²) in [5, 5.41) is 38.8. The van der Waals surface area contributed by atoms with E-state index in [0.717, 1.165) is 19.3 Å². The van der Waals surface area contributed by atoms with Gasteiger partial charge in [0.05, 0.1) is 24.1 Å². The van der Waals surface area contributed by atoms with Gasteiger partial charge < -0.3 is 9.47 Å². The number of aromatic nitrogens is 1. The number of rotatable bonds is 1. The van der Waals surface area contributed by atoms with Gasteiger partial charge in [-0.3, -0.25) is 10.4 Å². The van der Waals surface area contributed by atoms with Crippen molar-refractivity contribution in [3.8, 4) is 18.2 Å². The predicted octanol–water partition coefficient (Wildman–Crippen LogP) is 2.98. The van der Waals surface area contributed by atoms with Gasteiger partial charge in [-0.2, -0.15) is 15.8 Å². The molecule has 0 aromatic carbocycles. The van der Waals surface area contributed by atoms with E-state index < -0.39 is 28.6 Å². The maximum Gasteiger partial charge on any atom is 0.217 e. The van der Waals surface area contributed by atoms with Gasteiger partial charge in [0.15, 0.2) is 5.41 Å². The van der Waals surface area contributed by atoms with Crippen LogP contribution in [-0.4, -0.2) is 16.7 Å². The van der Waals surface area contributed by atoms with Crippen molar-refractivity contribution in [1.82, 2.24) is 4.98 Å². The Labute approximate surface area is 151 Å². The first-order valence-corrected chi connectivity index (χ1v) is 8.70. The Morgan fingerprint density at radius 1 is 1.08 bits per heavy atom. The third kappa shape index (κ3) is 1.72. The van der Waals surface area contributed by atoms with Gasteiger partial charge in [0.25, 0.3) is 0 Å². The van der Waals surface area contributed by atoms with E-state index in [2.05, 4.69) is 23.2 Å². The van der Waals surface area contributed by atoms with Gasteiger partial charge in [0, 0.05) is 18.8 Å². The lowest BCUT2D eigenvalue weighted by atomic mass is 9.52. The van der Waals surface area contributed by atoms with E-state index >= 15 is 0 Å². The maximum absolute atomic E-state index is 10.2. The molecule has 1 aromatic rings. The molecule has 2 bridgehead atoms. The van der Waals surface area contributed by atoms with Crippen LogP contribution in [0.3, 0.4) is 0 Å². The fourth-order valence-corrected chi connectivity index (χ4v) is 4.88. The summed E-state index contributed by atoms with van der Waals surface area (Å²) in [7, 11) is 0. The molecule has 7 nitrogen and oxygen atoms in total. The minimum absolute atomic E-state index is 0.313.